The average molecular weight is 198 g/mol. The topological polar surface area (TPSA) is 0 Å². The predicted molar refractivity (Wildman–Crippen MR) is 51.1 cm³/mol. The van der Waals surface area contributed by atoms with Crippen LogP contribution in [0.4, 0.5) is 13.2 Å². The van der Waals surface area contributed by atoms with Crippen molar-refractivity contribution in [2.24, 2.45) is 0 Å². The Labute approximate surface area is 80.0 Å². The van der Waals surface area contributed by atoms with Crippen LogP contribution < -0.4 is 0 Å². The normalized spacial score (nSPS) is 9.71. The van der Waals surface area contributed by atoms with E-state index in [-0.39, 0.29) is 0 Å². The van der Waals surface area contributed by atoms with Crippen molar-refractivity contribution in [1.29, 1.82) is 0 Å². The second kappa shape index (κ2) is 5.27. The van der Waals surface area contributed by atoms with Crippen molar-refractivity contribution in [3.8, 4) is 0 Å². The molecule has 0 radical (unpaired) electrons. The zero-order valence-electron chi connectivity index (χ0n) is 7.33. The van der Waals surface area contributed by atoms with Gasteiger partial charge in [0.15, 0.2) is 0 Å². The molecular weight excluding hydrogens is 189 g/mol. The summed E-state index contributed by atoms with van der Waals surface area (Å²) in [6, 6.07) is 16.7. The molecule has 2 rings (SSSR count). The molecule has 0 atom stereocenters. The molecule has 0 N–H and O–H groups in total. The molecule has 0 amide bonds. The van der Waals surface area contributed by atoms with Crippen molar-refractivity contribution < 1.29 is 13.2 Å². The Morgan fingerprint density at radius 2 is 0.857 bits per heavy atom. The number of hydrogen-bond donors (Lipinski definition) is 0. The van der Waals surface area contributed by atoms with Crippen molar-refractivity contribution in [3.63, 3.8) is 0 Å². The lowest BCUT2D eigenvalue weighted by atomic mass is 10.1. The molecule has 0 aliphatic heterocycles. The SMILES string of the molecule is FC(F)F.c1ccc2ccccc2c1. The second-order valence-corrected chi connectivity index (χ2v) is 2.59. The largest absolute Gasteiger partial charge is 0.379 e. The summed E-state index contributed by atoms with van der Waals surface area (Å²) in [6.45, 7) is -3.67. The Morgan fingerprint density at radius 3 is 1.07 bits per heavy atom. The van der Waals surface area contributed by atoms with E-state index in [0.29, 0.717) is 0 Å². The fraction of sp³-hybridized carbons (Fsp3) is 0.0909. The molecule has 0 unspecified atom stereocenters. The minimum absolute atomic E-state index is 1.31. The first kappa shape index (κ1) is 10.6. The molecule has 0 nitrogen and oxygen atoms in total. The molecule has 0 heterocycles. The standard InChI is InChI=1S/C10H8.CHF3/c1-2-6-10-8-4-3-7-9(10)5-1;2-1(3)4/h1-8H;1H. The van der Waals surface area contributed by atoms with Crippen molar-refractivity contribution in [1.82, 2.24) is 0 Å². The summed E-state index contributed by atoms with van der Waals surface area (Å²) in [5.41, 5.74) is 0. The zero-order chi connectivity index (χ0) is 10.4. The summed E-state index contributed by atoms with van der Waals surface area (Å²) in [5, 5.41) is 2.62. The summed E-state index contributed by atoms with van der Waals surface area (Å²) in [6.07, 6.45) is 0. The summed E-state index contributed by atoms with van der Waals surface area (Å²) in [4.78, 5) is 0. The lowest BCUT2D eigenvalue weighted by Crippen LogP contribution is -1.67. The second-order valence-electron chi connectivity index (χ2n) is 2.59. The van der Waals surface area contributed by atoms with Gasteiger partial charge in [-0.2, -0.15) is 13.2 Å². The van der Waals surface area contributed by atoms with Crippen LogP contribution in [0.15, 0.2) is 48.5 Å². The first-order chi connectivity index (χ1) is 6.70. The summed E-state index contributed by atoms with van der Waals surface area (Å²) in [5.74, 6) is 0. The van der Waals surface area contributed by atoms with Gasteiger partial charge in [0.25, 0.3) is 0 Å². The van der Waals surface area contributed by atoms with Gasteiger partial charge in [-0.05, 0) is 10.8 Å². The Kier molecular flexibility index (Phi) is 3.98. The molecule has 74 valence electrons. The maximum absolute atomic E-state index is 9.67. The van der Waals surface area contributed by atoms with Crippen LogP contribution in [0.1, 0.15) is 0 Å². The number of alkyl halides is 3. The molecule has 3 heteroatoms. The maximum atomic E-state index is 9.67. The third-order valence-corrected chi connectivity index (χ3v) is 1.66. The minimum Gasteiger partial charge on any atom is -0.174 e. The number of benzene rings is 2. The molecule has 14 heavy (non-hydrogen) atoms. The van der Waals surface area contributed by atoms with Gasteiger partial charge in [-0.1, -0.05) is 48.5 Å². The lowest BCUT2D eigenvalue weighted by Gasteiger charge is -1.92. The van der Waals surface area contributed by atoms with Gasteiger partial charge in [0.2, 0.25) is 0 Å². The quantitative estimate of drug-likeness (QED) is 0.599. The third-order valence-electron chi connectivity index (χ3n) is 1.66. The summed E-state index contributed by atoms with van der Waals surface area (Å²) in [7, 11) is 0. The van der Waals surface area contributed by atoms with E-state index in [0.717, 1.165) is 0 Å². The highest BCUT2D eigenvalue weighted by Gasteiger charge is 1.86. The van der Waals surface area contributed by atoms with E-state index in [1.165, 1.54) is 10.8 Å². The fourth-order valence-electron chi connectivity index (χ4n) is 1.13. The average Bonchev–Trinajstić information content (AvgIpc) is 2.17. The van der Waals surface area contributed by atoms with Crippen molar-refractivity contribution >= 4 is 10.8 Å². The van der Waals surface area contributed by atoms with E-state index in [4.69, 9.17) is 0 Å². The van der Waals surface area contributed by atoms with Gasteiger partial charge >= 0.3 is 6.68 Å². The highest BCUT2D eigenvalue weighted by atomic mass is 19.4. The van der Waals surface area contributed by atoms with Gasteiger partial charge in [0.1, 0.15) is 0 Å². The third kappa shape index (κ3) is 3.47. The Balaban J connectivity index is 0.000000213. The zero-order valence-corrected chi connectivity index (χ0v) is 7.33. The highest BCUT2D eigenvalue weighted by molar-refractivity contribution is 5.81. The Bertz CT molecular complexity index is 317. The van der Waals surface area contributed by atoms with Crippen molar-refractivity contribution in [2.45, 2.75) is 6.68 Å². The van der Waals surface area contributed by atoms with Crippen LogP contribution in [0, 0.1) is 0 Å². The minimum atomic E-state index is -3.67. The molecule has 0 saturated heterocycles. The van der Waals surface area contributed by atoms with E-state index >= 15 is 0 Å². The van der Waals surface area contributed by atoms with Crippen molar-refractivity contribution in [3.05, 3.63) is 48.5 Å². The number of halogens is 3. The molecule has 0 aromatic heterocycles. The molecule has 0 aliphatic carbocycles. The van der Waals surface area contributed by atoms with Crippen LogP contribution in [0.25, 0.3) is 10.8 Å². The van der Waals surface area contributed by atoms with Crippen LogP contribution in [0.3, 0.4) is 0 Å². The summed E-state index contributed by atoms with van der Waals surface area (Å²) < 4.78 is 29.0. The Morgan fingerprint density at radius 1 is 0.643 bits per heavy atom. The van der Waals surface area contributed by atoms with Gasteiger partial charge in [0.05, 0.1) is 0 Å². The first-order valence-electron chi connectivity index (χ1n) is 4.06. The van der Waals surface area contributed by atoms with Crippen LogP contribution in [-0.4, -0.2) is 6.68 Å². The van der Waals surface area contributed by atoms with Crippen molar-refractivity contribution in [2.75, 3.05) is 0 Å². The van der Waals surface area contributed by atoms with Crippen LogP contribution in [0.2, 0.25) is 0 Å². The van der Waals surface area contributed by atoms with Crippen LogP contribution in [-0.2, 0) is 0 Å². The monoisotopic (exact) mass is 198 g/mol. The van der Waals surface area contributed by atoms with Crippen LogP contribution in [0.5, 0.6) is 0 Å². The molecule has 0 bridgehead atoms. The molecule has 2 aromatic carbocycles. The Hall–Kier alpha value is -1.51. The van der Waals surface area contributed by atoms with Gasteiger partial charge in [-0.25, -0.2) is 0 Å². The van der Waals surface area contributed by atoms with E-state index in [9.17, 15) is 13.2 Å². The van der Waals surface area contributed by atoms with E-state index in [1.807, 2.05) is 0 Å². The molecule has 0 fully saturated rings. The fourth-order valence-corrected chi connectivity index (χ4v) is 1.13. The smallest absolute Gasteiger partial charge is 0.174 e. The summed E-state index contributed by atoms with van der Waals surface area (Å²) >= 11 is 0. The van der Waals surface area contributed by atoms with E-state index < -0.39 is 6.68 Å². The van der Waals surface area contributed by atoms with Gasteiger partial charge in [-0.3, -0.25) is 0 Å². The molecule has 0 spiro atoms. The predicted octanol–water partition coefficient (Wildman–Crippen LogP) is 4.02. The van der Waals surface area contributed by atoms with E-state index in [2.05, 4.69) is 48.5 Å². The van der Waals surface area contributed by atoms with Gasteiger partial charge in [0, 0.05) is 0 Å². The molecule has 0 aliphatic rings. The number of fused-ring (bicyclic) bond motifs is 1. The molecule has 2 aromatic rings. The number of rotatable bonds is 0. The van der Waals surface area contributed by atoms with Crippen LogP contribution >= 0.6 is 0 Å². The van der Waals surface area contributed by atoms with E-state index in [1.54, 1.807) is 0 Å². The highest BCUT2D eigenvalue weighted by Crippen LogP contribution is 2.11. The van der Waals surface area contributed by atoms with Gasteiger partial charge in [-0.15, -0.1) is 0 Å². The first-order valence-corrected chi connectivity index (χ1v) is 4.06. The lowest BCUT2D eigenvalue weighted by molar-refractivity contribution is 0.00819. The number of hydrogen-bond acceptors (Lipinski definition) is 0. The molecular formula is C11H9F3. The molecule has 0 saturated carbocycles. The maximum Gasteiger partial charge on any atom is 0.379 e. The van der Waals surface area contributed by atoms with Gasteiger partial charge < -0.3 is 0 Å².